The van der Waals surface area contributed by atoms with E-state index in [4.69, 9.17) is 5.11 Å². The molecule has 0 saturated carbocycles. The number of aromatic nitrogens is 2. The third kappa shape index (κ3) is 5.62. The van der Waals surface area contributed by atoms with Crippen LogP contribution in [0.1, 0.15) is 37.2 Å². The molecule has 1 aromatic carbocycles. The van der Waals surface area contributed by atoms with Crippen LogP contribution in [0.3, 0.4) is 0 Å². The van der Waals surface area contributed by atoms with Gasteiger partial charge in [0.2, 0.25) is 5.91 Å². The van der Waals surface area contributed by atoms with E-state index in [1.165, 1.54) is 18.3 Å². The highest BCUT2D eigenvalue weighted by molar-refractivity contribution is 7.14. The van der Waals surface area contributed by atoms with Crippen molar-refractivity contribution >= 4 is 23.3 Å². The van der Waals surface area contributed by atoms with Gasteiger partial charge in [-0.05, 0) is 19.3 Å². The summed E-state index contributed by atoms with van der Waals surface area (Å²) in [4.78, 5) is 21.9. The average Bonchev–Trinajstić information content (AvgIpc) is 3.03. The molecule has 0 bridgehead atoms. The van der Waals surface area contributed by atoms with Gasteiger partial charge in [0.15, 0.2) is 0 Å². The van der Waals surface area contributed by atoms with Crippen molar-refractivity contribution in [2.45, 2.75) is 32.2 Å². The molecule has 1 aromatic heterocycles. The molecule has 1 unspecified atom stereocenters. The largest absolute Gasteiger partial charge is 0.465 e. The molecular weight excluding hydrogens is 328 g/mol. The summed E-state index contributed by atoms with van der Waals surface area (Å²) in [5, 5.41) is 23.8. The lowest BCUT2D eigenvalue weighted by atomic mass is 10.1. The molecule has 1 heterocycles. The second-order valence-electron chi connectivity index (χ2n) is 5.29. The fourth-order valence-electron chi connectivity index (χ4n) is 2.24. The molecule has 2 amide bonds. The van der Waals surface area contributed by atoms with Crippen molar-refractivity contribution in [1.29, 1.82) is 0 Å². The van der Waals surface area contributed by atoms with Gasteiger partial charge in [0, 0.05) is 19.0 Å². The summed E-state index contributed by atoms with van der Waals surface area (Å²) in [5.41, 5.74) is 0.994. The third-order valence-electron chi connectivity index (χ3n) is 3.33. The minimum absolute atomic E-state index is 0.125. The number of carboxylic acid groups (broad SMARTS) is 1. The zero-order valence-electron chi connectivity index (χ0n) is 13.4. The Morgan fingerprint density at radius 1 is 1.21 bits per heavy atom. The molecule has 0 fully saturated rings. The van der Waals surface area contributed by atoms with Crippen LogP contribution in [-0.4, -0.2) is 33.8 Å². The average molecular weight is 348 g/mol. The van der Waals surface area contributed by atoms with Crippen molar-refractivity contribution in [2.75, 3.05) is 6.54 Å². The molecule has 1 atom stereocenters. The smallest absolute Gasteiger partial charge is 0.404 e. The predicted molar refractivity (Wildman–Crippen MR) is 91.8 cm³/mol. The molecule has 0 radical (unpaired) electrons. The Morgan fingerprint density at radius 2 is 1.96 bits per heavy atom. The molecule has 128 valence electrons. The van der Waals surface area contributed by atoms with Crippen molar-refractivity contribution in [2.24, 2.45) is 0 Å². The highest BCUT2D eigenvalue weighted by Gasteiger charge is 2.18. The summed E-state index contributed by atoms with van der Waals surface area (Å²) in [7, 11) is 0. The number of amides is 2. The number of unbranched alkanes of at least 4 members (excludes halogenated alkanes) is 1. The van der Waals surface area contributed by atoms with Crippen LogP contribution in [-0.2, 0) is 4.79 Å². The van der Waals surface area contributed by atoms with E-state index in [1.807, 2.05) is 30.3 Å². The molecule has 24 heavy (non-hydrogen) atoms. The Balaban J connectivity index is 1.98. The van der Waals surface area contributed by atoms with Gasteiger partial charge >= 0.3 is 6.09 Å². The number of benzene rings is 1. The Labute approximate surface area is 144 Å². The van der Waals surface area contributed by atoms with Gasteiger partial charge in [-0.1, -0.05) is 41.7 Å². The van der Waals surface area contributed by atoms with Crippen molar-refractivity contribution in [3.63, 3.8) is 0 Å². The van der Waals surface area contributed by atoms with Crippen LogP contribution in [0.2, 0.25) is 0 Å². The number of nitrogens with zero attached hydrogens (tertiary/aromatic N) is 2. The van der Waals surface area contributed by atoms with Gasteiger partial charge in [0.25, 0.3) is 0 Å². The second kappa shape index (κ2) is 8.97. The summed E-state index contributed by atoms with van der Waals surface area (Å²) in [6, 6.07) is 9.55. The minimum Gasteiger partial charge on any atom is -0.465 e. The minimum atomic E-state index is -1.02. The van der Waals surface area contributed by atoms with Crippen LogP contribution < -0.4 is 10.6 Å². The maximum atomic E-state index is 11.4. The first kappa shape index (κ1) is 17.9. The number of hydrogen-bond acceptors (Lipinski definition) is 5. The summed E-state index contributed by atoms with van der Waals surface area (Å²) in [6.07, 6.45) is 1.13. The number of carbonyl (C=O) groups is 2. The van der Waals surface area contributed by atoms with Gasteiger partial charge in [-0.3, -0.25) is 4.79 Å². The molecular formula is C16H20N4O3S. The molecule has 3 N–H and O–H groups in total. The van der Waals surface area contributed by atoms with Gasteiger partial charge in [0.05, 0.1) is 6.04 Å². The van der Waals surface area contributed by atoms with Gasteiger partial charge < -0.3 is 15.7 Å². The van der Waals surface area contributed by atoms with Gasteiger partial charge in [-0.2, -0.15) is 0 Å². The highest BCUT2D eigenvalue weighted by Crippen LogP contribution is 2.28. The number of nitrogens with one attached hydrogen (secondary N) is 2. The lowest BCUT2D eigenvalue weighted by molar-refractivity contribution is -0.119. The highest BCUT2D eigenvalue weighted by atomic mass is 32.1. The van der Waals surface area contributed by atoms with Crippen LogP contribution in [0.25, 0.3) is 10.6 Å². The molecule has 2 rings (SSSR count). The van der Waals surface area contributed by atoms with Crippen LogP contribution in [0.4, 0.5) is 4.79 Å². The van der Waals surface area contributed by atoms with Crippen molar-refractivity contribution in [3.05, 3.63) is 35.3 Å². The molecule has 0 saturated heterocycles. The first-order valence-electron chi connectivity index (χ1n) is 7.69. The van der Waals surface area contributed by atoms with Gasteiger partial charge in [0.1, 0.15) is 10.0 Å². The van der Waals surface area contributed by atoms with E-state index < -0.39 is 6.09 Å². The van der Waals surface area contributed by atoms with Gasteiger partial charge in [-0.25, -0.2) is 4.79 Å². The van der Waals surface area contributed by atoms with E-state index in [1.54, 1.807) is 0 Å². The Kier molecular flexibility index (Phi) is 6.68. The fraction of sp³-hybridized carbons (Fsp3) is 0.375. The fourth-order valence-corrected chi connectivity index (χ4v) is 3.18. The lowest BCUT2D eigenvalue weighted by Crippen LogP contribution is -2.26. The monoisotopic (exact) mass is 348 g/mol. The Hall–Kier alpha value is -2.48. The molecule has 8 heteroatoms. The summed E-state index contributed by atoms with van der Waals surface area (Å²) < 4.78 is 0. The van der Waals surface area contributed by atoms with E-state index in [-0.39, 0.29) is 11.9 Å². The lowest BCUT2D eigenvalue weighted by Gasteiger charge is -2.14. The summed E-state index contributed by atoms with van der Waals surface area (Å²) in [6.45, 7) is 1.87. The van der Waals surface area contributed by atoms with E-state index in [9.17, 15) is 9.59 Å². The zero-order chi connectivity index (χ0) is 17.4. The number of carbonyl (C=O) groups excluding carboxylic acids is 1. The van der Waals surface area contributed by atoms with Crippen LogP contribution in [0.15, 0.2) is 30.3 Å². The first-order chi connectivity index (χ1) is 11.6. The van der Waals surface area contributed by atoms with Gasteiger partial charge in [-0.15, -0.1) is 10.2 Å². The molecule has 7 nitrogen and oxygen atoms in total. The van der Waals surface area contributed by atoms with Crippen molar-refractivity contribution < 1.29 is 14.7 Å². The second-order valence-corrected chi connectivity index (χ2v) is 6.30. The molecule has 0 aliphatic rings. The summed E-state index contributed by atoms with van der Waals surface area (Å²) in [5.74, 6) is -0.125. The quantitative estimate of drug-likeness (QED) is 0.636. The van der Waals surface area contributed by atoms with E-state index >= 15 is 0 Å². The number of rotatable bonds is 8. The van der Waals surface area contributed by atoms with E-state index in [0.717, 1.165) is 22.0 Å². The standard InChI is InChI=1S/C16H20N4O3S/c1-11(21)18-13(9-5-6-10-17-16(22)23)15-20-19-14(24-15)12-7-3-2-4-8-12/h2-4,7-8,13,17H,5-6,9-10H2,1H3,(H,18,21)(H,22,23). The van der Waals surface area contributed by atoms with Crippen molar-refractivity contribution in [3.8, 4) is 10.6 Å². The zero-order valence-corrected chi connectivity index (χ0v) is 14.2. The molecule has 0 spiro atoms. The SMILES string of the molecule is CC(=O)NC(CCCCNC(=O)O)c1nnc(-c2ccccc2)s1. The first-order valence-corrected chi connectivity index (χ1v) is 8.50. The normalized spacial score (nSPS) is 11.7. The summed E-state index contributed by atoms with van der Waals surface area (Å²) >= 11 is 1.46. The van der Waals surface area contributed by atoms with Crippen molar-refractivity contribution in [1.82, 2.24) is 20.8 Å². The molecule has 0 aliphatic heterocycles. The Morgan fingerprint density at radius 3 is 2.62 bits per heavy atom. The third-order valence-corrected chi connectivity index (χ3v) is 4.42. The topological polar surface area (TPSA) is 104 Å². The number of hydrogen-bond donors (Lipinski definition) is 3. The van der Waals surface area contributed by atoms with Crippen LogP contribution in [0, 0.1) is 0 Å². The van der Waals surface area contributed by atoms with E-state index in [2.05, 4.69) is 20.8 Å². The van der Waals surface area contributed by atoms with E-state index in [0.29, 0.717) is 19.4 Å². The maximum absolute atomic E-state index is 11.4. The Bertz CT molecular complexity index is 675. The van der Waals surface area contributed by atoms with Crippen LogP contribution in [0.5, 0.6) is 0 Å². The maximum Gasteiger partial charge on any atom is 0.404 e. The molecule has 2 aromatic rings. The molecule has 0 aliphatic carbocycles. The predicted octanol–water partition coefficient (Wildman–Crippen LogP) is 2.82. The van der Waals surface area contributed by atoms with Crippen LogP contribution >= 0.6 is 11.3 Å².